The van der Waals surface area contributed by atoms with Crippen LogP contribution in [-0.4, -0.2) is 24.0 Å². The summed E-state index contributed by atoms with van der Waals surface area (Å²) in [4.78, 5) is 10.5. The van der Waals surface area contributed by atoms with Crippen LogP contribution in [0.1, 0.15) is 47.2 Å². The van der Waals surface area contributed by atoms with E-state index in [1.165, 1.54) is 44.5 Å². The molecule has 4 atom stereocenters. The quantitative estimate of drug-likeness (QED) is 0.291. The Bertz CT molecular complexity index is 1560. The number of benzene rings is 4. The molecule has 2 heterocycles. The lowest BCUT2D eigenvalue weighted by molar-refractivity contribution is 0.179. The molecule has 0 radical (unpaired) electrons. The van der Waals surface area contributed by atoms with Crippen LogP contribution in [0.5, 0.6) is 0 Å². The minimum atomic E-state index is -0.275. The van der Waals surface area contributed by atoms with Crippen molar-refractivity contribution in [1.29, 1.82) is 0 Å². The number of ether oxygens (including phenoxy) is 2. The van der Waals surface area contributed by atoms with E-state index in [9.17, 15) is 0 Å². The second-order valence-electron chi connectivity index (χ2n) is 11.6. The fraction of sp³-hybridized carbons (Fsp3) is 0.257. The van der Waals surface area contributed by atoms with Gasteiger partial charge in [-0.15, -0.1) is 0 Å². The first kappa shape index (κ1) is 21.7. The molecule has 0 unspecified atom stereocenters. The van der Waals surface area contributed by atoms with Crippen LogP contribution in [0, 0.1) is 5.41 Å². The largest absolute Gasteiger partial charge is 0.474 e. The highest BCUT2D eigenvalue weighted by atomic mass is 16.5. The van der Waals surface area contributed by atoms with Crippen molar-refractivity contribution in [1.82, 2.24) is 0 Å². The third kappa shape index (κ3) is 3.24. The first-order valence-corrected chi connectivity index (χ1v) is 14.1. The average Bonchev–Trinajstić information content (AvgIpc) is 3.25. The summed E-state index contributed by atoms with van der Waals surface area (Å²) in [5.41, 5.74) is 10.0. The molecule has 4 aromatic rings. The Kier molecular flexibility index (Phi) is 4.41. The number of hydrogen-bond acceptors (Lipinski definition) is 4. The van der Waals surface area contributed by atoms with Gasteiger partial charge in [0.15, 0.2) is 11.8 Å². The lowest BCUT2D eigenvalue weighted by Gasteiger charge is -2.18. The zero-order valence-electron chi connectivity index (χ0n) is 21.6. The standard InChI is InChI=1S/C35H28N2O2/c1-3-7-21(8-4-1)23-11-13-25-19-29-31(27(25)17-23)36-33(38-29)35(15-16-35)34-37-32-28-18-24(22-9-5-2-6-10-22)12-14-26(28)20-30(32)39-34/h1-14,17-18,29-32H,15-16,19-20H2/t29-,30-,31+,32+/m1/s1. The van der Waals surface area contributed by atoms with Gasteiger partial charge in [-0.25, -0.2) is 9.98 Å². The molecule has 0 N–H and O–H groups in total. The van der Waals surface area contributed by atoms with Crippen molar-refractivity contribution in [2.75, 3.05) is 0 Å². The Morgan fingerprint density at radius 2 is 1.00 bits per heavy atom. The minimum absolute atomic E-state index is 0.0618. The van der Waals surface area contributed by atoms with Crippen molar-refractivity contribution >= 4 is 11.8 Å². The molecule has 1 saturated carbocycles. The molecule has 4 heteroatoms. The molecule has 2 aliphatic heterocycles. The Balaban J connectivity index is 1.02. The van der Waals surface area contributed by atoms with E-state index >= 15 is 0 Å². The van der Waals surface area contributed by atoms with Gasteiger partial charge in [0.05, 0.1) is 0 Å². The Morgan fingerprint density at radius 3 is 1.44 bits per heavy atom. The van der Waals surface area contributed by atoms with E-state index in [1.54, 1.807) is 0 Å². The molecule has 0 bridgehead atoms. The first-order valence-electron chi connectivity index (χ1n) is 14.1. The molecule has 3 aliphatic carbocycles. The van der Waals surface area contributed by atoms with Crippen LogP contribution >= 0.6 is 0 Å². The SMILES string of the molecule is c1ccc(-c2ccc3c(c2)[C@@H]2N=C(C4(C5=N[C@H]6c7cc(-c8ccccc8)ccc7C[C@H]6O5)CC4)O[C@@H]2C3)cc1. The highest BCUT2D eigenvalue weighted by Gasteiger charge is 2.61. The Morgan fingerprint density at radius 1 is 0.538 bits per heavy atom. The number of nitrogens with zero attached hydrogens (tertiary/aromatic N) is 2. The van der Waals surface area contributed by atoms with Crippen molar-refractivity contribution < 1.29 is 9.47 Å². The van der Waals surface area contributed by atoms with E-state index in [2.05, 4.69) is 97.1 Å². The van der Waals surface area contributed by atoms with E-state index in [1.807, 2.05) is 0 Å². The van der Waals surface area contributed by atoms with Crippen molar-refractivity contribution in [3.63, 3.8) is 0 Å². The van der Waals surface area contributed by atoms with Crippen LogP contribution in [-0.2, 0) is 22.3 Å². The Hall–Kier alpha value is -4.18. The van der Waals surface area contributed by atoms with Crippen LogP contribution in [0.15, 0.2) is 107 Å². The van der Waals surface area contributed by atoms with Crippen LogP contribution < -0.4 is 0 Å². The van der Waals surface area contributed by atoms with Gasteiger partial charge in [-0.05, 0) is 69.5 Å². The summed E-state index contributed by atoms with van der Waals surface area (Å²) in [6, 6.07) is 34.9. The summed E-state index contributed by atoms with van der Waals surface area (Å²) < 4.78 is 13.2. The number of fused-ring (bicyclic) bond motifs is 6. The normalized spacial score (nSPS) is 26.5. The molecule has 1 fully saturated rings. The summed E-state index contributed by atoms with van der Waals surface area (Å²) in [6.07, 6.45) is 3.97. The van der Waals surface area contributed by atoms with E-state index < -0.39 is 0 Å². The average molecular weight is 509 g/mol. The van der Waals surface area contributed by atoms with Crippen LogP contribution in [0.4, 0.5) is 0 Å². The van der Waals surface area contributed by atoms with Crippen LogP contribution in [0.2, 0.25) is 0 Å². The molecule has 0 aromatic heterocycles. The van der Waals surface area contributed by atoms with Gasteiger partial charge in [0, 0.05) is 12.8 Å². The van der Waals surface area contributed by atoms with E-state index in [0.717, 1.165) is 37.5 Å². The molecule has 39 heavy (non-hydrogen) atoms. The third-order valence-electron chi connectivity index (χ3n) is 9.30. The topological polar surface area (TPSA) is 43.2 Å². The van der Waals surface area contributed by atoms with E-state index in [4.69, 9.17) is 19.5 Å². The maximum Gasteiger partial charge on any atom is 0.200 e. The summed E-state index contributed by atoms with van der Waals surface area (Å²) in [5.74, 6) is 1.70. The number of hydrogen-bond donors (Lipinski definition) is 0. The van der Waals surface area contributed by atoms with Gasteiger partial charge >= 0.3 is 0 Å². The molecule has 5 aliphatic rings. The van der Waals surface area contributed by atoms with Crippen molar-refractivity contribution in [2.24, 2.45) is 15.4 Å². The van der Waals surface area contributed by atoms with Gasteiger partial charge in [-0.2, -0.15) is 0 Å². The van der Waals surface area contributed by atoms with Gasteiger partial charge in [0.1, 0.15) is 29.7 Å². The van der Waals surface area contributed by atoms with E-state index in [0.29, 0.717) is 0 Å². The van der Waals surface area contributed by atoms with Crippen LogP contribution in [0.3, 0.4) is 0 Å². The molecule has 190 valence electrons. The molecule has 0 spiro atoms. The lowest BCUT2D eigenvalue weighted by atomic mass is 9.99. The molecule has 0 saturated heterocycles. The number of aliphatic imine (C=N–C) groups is 2. The van der Waals surface area contributed by atoms with Gasteiger partial charge < -0.3 is 9.47 Å². The molecule has 0 amide bonds. The Labute approximate surface area is 228 Å². The summed E-state index contributed by atoms with van der Waals surface area (Å²) in [7, 11) is 0. The second kappa shape index (κ2) is 7.92. The first-order chi connectivity index (χ1) is 19.2. The highest BCUT2D eigenvalue weighted by Crippen LogP contribution is 2.57. The maximum absolute atomic E-state index is 6.61. The van der Waals surface area contributed by atoms with Gasteiger partial charge in [-0.1, -0.05) is 84.9 Å². The smallest absolute Gasteiger partial charge is 0.200 e. The van der Waals surface area contributed by atoms with E-state index in [-0.39, 0.29) is 29.7 Å². The second-order valence-corrected chi connectivity index (χ2v) is 11.6. The lowest BCUT2D eigenvalue weighted by Crippen LogP contribution is -2.30. The van der Waals surface area contributed by atoms with Crippen molar-refractivity contribution in [3.05, 3.63) is 119 Å². The van der Waals surface area contributed by atoms with Crippen LogP contribution in [0.25, 0.3) is 22.3 Å². The monoisotopic (exact) mass is 508 g/mol. The van der Waals surface area contributed by atoms with Crippen molar-refractivity contribution in [2.45, 2.75) is 50.0 Å². The van der Waals surface area contributed by atoms with Crippen molar-refractivity contribution in [3.8, 4) is 22.3 Å². The molecule has 9 rings (SSSR count). The minimum Gasteiger partial charge on any atom is -0.474 e. The summed E-state index contributed by atoms with van der Waals surface area (Å²) in [5, 5.41) is 0. The molecule has 4 nitrogen and oxygen atoms in total. The highest BCUT2D eigenvalue weighted by molar-refractivity contribution is 6.09. The fourth-order valence-corrected chi connectivity index (χ4v) is 7.02. The van der Waals surface area contributed by atoms with Gasteiger partial charge in [-0.3, -0.25) is 0 Å². The predicted molar refractivity (Wildman–Crippen MR) is 153 cm³/mol. The van der Waals surface area contributed by atoms with Gasteiger partial charge in [0.25, 0.3) is 0 Å². The zero-order valence-corrected chi connectivity index (χ0v) is 21.6. The third-order valence-corrected chi connectivity index (χ3v) is 9.30. The zero-order chi connectivity index (χ0) is 25.6. The summed E-state index contributed by atoms with van der Waals surface area (Å²) in [6.45, 7) is 0. The molecule has 4 aromatic carbocycles. The molecular formula is C35H28N2O2. The molecular weight excluding hydrogens is 480 g/mol. The maximum atomic E-state index is 6.61. The summed E-state index contributed by atoms with van der Waals surface area (Å²) >= 11 is 0. The number of rotatable bonds is 4. The fourth-order valence-electron chi connectivity index (χ4n) is 7.02. The van der Waals surface area contributed by atoms with Gasteiger partial charge in [0.2, 0.25) is 0 Å². The predicted octanol–water partition coefficient (Wildman–Crippen LogP) is 7.29.